The molecule has 1 aliphatic heterocycles. The number of nitrogens with one attached hydrogen (secondary N) is 2. The summed E-state index contributed by atoms with van der Waals surface area (Å²) < 4.78 is 10.6. The molecular formula is C21H24N4O3. The van der Waals surface area contributed by atoms with Crippen LogP contribution in [0, 0.1) is 0 Å². The largest absolute Gasteiger partial charge is 0.454 e. The Hall–Kier alpha value is -3.09. The molecule has 1 amide bonds. The summed E-state index contributed by atoms with van der Waals surface area (Å²) in [6.45, 7) is 1.44. The Morgan fingerprint density at radius 2 is 1.96 bits per heavy atom. The fraction of sp³-hybridized carbons (Fsp3) is 0.381. The van der Waals surface area contributed by atoms with Crippen molar-refractivity contribution in [1.82, 2.24) is 15.3 Å². The molecule has 2 N–H and O–H groups in total. The lowest BCUT2D eigenvalue weighted by Gasteiger charge is -2.12. The molecule has 0 unspecified atom stereocenters. The Labute approximate surface area is 164 Å². The number of rotatable bonds is 7. The number of carbonyl (C=O) groups is 1. The second-order valence-electron chi connectivity index (χ2n) is 6.95. The number of carbonyl (C=O) groups excluding carboxylic acids is 1. The van der Waals surface area contributed by atoms with Crippen molar-refractivity contribution in [2.75, 3.05) is 18.7 Å². The number of benzene rings is 1. The normalized spacial score (nSPS) is 15.1. The number of fused-ring (bicyclic) bond motifs is 1. The minimum atomic E-state index is -0.212. The van der Waals surface area contributed by atoms with Crippen LogP contribution in [0.2, 0.25) is 0 Å². The lowest BCUT2D eigenvalue weighted by atomic mass is 9.97. The summed E-state index contributed by atoms with van der Waals surface area (Å²) in [6.07, 6.45) is 11.4. The first kappa shape index (κ1) is 18.3. The van der Waals surface area contributed by atoms with Crippen LogP contribution in [-0.2, 0) is 6.54 Å². The molecule has 1 aliphatic carbocycles. The van der Waals surface area contributed by atoms with Gasteiger partial charge in [0.15, 0.2) is 11.5 Å². The van der Waals surface area contributed by atoms with Gasteiger partial charge in [-0.25, -0.2) is 9.97 Å². The Kier molecular flexibility index (Phi) is 5.70. The third-order valence-corrected chi connectivity index (χ3v) is 4.92. The van der Waals surface area contributed by atoms with Gasteiger partial charge < -0.3 is 20.1 Å². The van der Waals surface area contributed by atoms with Crippen LogP contribution in [0.3, 0.4) is 0 Å². The Balaban J connectivity index is 1.25. The number of ether oxygens (including phenoxy) is 2. The number of hydrogen-bond acceptors (Lipinski definition) is 6. The molecule has 0 atom stereocenters. The van der Waals surface area contributed by atoms with Gasteiger partial charge in [-0.3, -0.25) is 4.79 Å². The highest BCUT2D eigenvalue weighted by molar-refractivity contribution is 5.93. The van der Waals surface area contributed by atoms with Crippen LogP contribution in [0.5, 0.6) is 11.5 Å². The molecule has 7 nitrogen and oxygen atoms in total. The molecule has 4 rings (SSSR count). The Morgan fingerprint density at radius 3 is 2.79 bits per heavy atom. The number of aromatic nitrogens is 2. The third kappa shape index (κ3) is 4.60. The van der Waals surface area contributed by atoms with Gasteiger partial charge in [0.1, 0.15) is 0 Å². The van der Waals surface area contributed by atoms with E-state index in [0.29, 0.717) is 23.8 Å². The highest BCUT2D eigenvalue weighted by atomic mass is 16.7. The SMILES string of the molecule is O=C(NCc1ccc2c(c1)OCO2)c1cnc(NCCC2=CCCCC2)nc1. The Morgan fingerprint density at radius 1 is 1.11 bits per heavy atom. The van der Waals surface area contributed by atoms with E-state index < -0.39 is 0 Å². The van der Waals surface area contributed by atoms with Crippen LogP contribution >= 0.6 is 0 Å². The lowest BCUT2D eigenvalue weighted by molar-refractivity contribution is 0.0950. The number of hydrogen-bond donors (Lipinski definition) is 2. The molecule has 0 radical (unpaired) electrons. The first-order chi connectivity index (χ1) is 13.8. The quantitative estimate of drug-likeness (QED) is 0.716. The van der Waals surface area contributed by atoms with Gasteiger partial charge in [0.25, 0.3) is 5.91 Å². The average Bonchev–Trinajstić information content (AvgIpc) is 3.21. The van der Waals surface area contributed by atoms with Crippen molar-refractivity contribution in [2.24, 2.45) is 0 Å². The monoisotopic (exact) mass is 380 g/mol. The maximum absolute atomic E-state index is 12.3. The fourth-order valence-electron chi connectivity index (χ4n) is 3.34. The van der Waals surface area contributed by atoms with Crippen molar-refractivity contribution >= 4 is 11.9 Å². The maximum Gasteiger partial charge on any atom is 0.254 e. The zero-order chi connectivity index (χ0) is 19.2. The van der Waals surface area contributed by atoms with Crippen LogP contribution < -0.4 is 20.1 Å². The first-order valence-electron chi connectivity index (χ1n) is 9.68. The molecule has 0 saturated heterocycles. The van der Waals surface area contributed by atoms with E-state index in [2.05, 4.69) is 26.7 Å². The van der Waals surface area contributed by atoms with Crippen molar-refractivity contribution in [3.05, 3.63) is 53.4 Å². The van der Waals surface area contributed by atoms with Crippen LogP contribution in [-0.4, -0.2) is 29.2 Å². The van der Waals surface area contributed by atoms with Crippen LogP contribution in [0.15, 0.2) is 42.2 Å². The summed E-state index contributed by atoms with van der Waals surface area (Å²) in [5.74, 6) is 1.76. The second-order valence-corrected chi connectivity index (χ2v) is 6.95. The van der Waals surface area contributed by atoms with Gasteiger partial charge in [0, 0.05) is 25.5 Å². The molecule has 0 saturated carbocycles. The summed E-state index contributed by atoms with van der Waals surface area (Å²) >= 11 is 0. The van der Waals surface area contributed by atoms with Crippen molar-refractivity contribution in [3.8, 4) is 11.5 Å². The van der Waals surface area contributed by atoms with Gasteiger partial charge in [0.05, 0.1) is 5.56 Å². The van der Waals surface area contributed by atoms with Crippen LogP contribution in [0.1, 0.15) is 48.0 Å². The molecule has 146 valence electrons. The fourth-order valence-corrected chi connectivity index (χ4v) is 3.34. The highest BCUT2D eigenvalue weighted by Gasteiger charge is 2.14. The summed E-state index contributed by atoms with van der Waals surface area (Å²) in [5.41, 5.74) is 2.88. The lowest BCUT2D eigenvalue weighted by Crippen LogP contribution is -2.23. The van der Waals surface area contributed by atoms with Gasteiger partial charge in [-0.15, -0.1) is 0 Å². The predicted octanol–water partition coefficient (Wildman–Crippen LogP) is 3.44. The number of nitrogens with zero attached hydrogens (tertiary/aromatic N) is 2. The Bertz CT molecular complexity index is 864. The number of allylic oxidation sites excluding steroid dienone is 1. The minimum absolute atomic E-state index is 0.212. The van der Waals surface area contributed by atoms with Crippen LogP contribution in [0.25, 0.3) is 0 Å². The predicted molar refractivity (Wildman–Crippen MR) is 105 cm³/mol. The molecule has 0 bridgehead atoms. The zero-order valence-electron chi connectivity index (χ0n) is 15.7. The molecule has 28 heavy (non-hydrogen) atoms. The molecule has 1 aromatic carbocycles. The molecule has 2 aliphatic rings. The summed E-state index contributed by atoms with van der Waals surface area (Å²) in [4.78, 5) is 20.8. The van der Waals surface area contributed by atoms with Gasteiger partial charge in [-0.1, -0.05) is 17.7 Å². The molecule has 0 fully saturated rings. The van der Waals surface area contributed by atoms with Crippen molar-refractivity contribution in [2.45, 2.75) is 38.6 Å². The molecular weight excluding hydrogens is 356 g/mol. The molecule has 1 aromatic heterocycles. The standard InChI is InChI=1S/C21H24N4O3/c26-20(23-11-16-6-7-18-19(10-16)28-14-27-18)17-12-24-21(25-13-17)22-9-8-15-4-2-1-3-5-15/h4,6-7,10,12-13H,1-3,5,8-9,11,14H2,(H,23,26)(H,22,24,25). The molecule has 0 spiro atoms. The average molecular weight is 380 g/mol. The van der Waals surface area contributed by atoms with E-state index in [-0.39, 0.29) is 12.7 Å². The van der Waals surface area contributed by atoms with Gasteiger partial charge in [-0.05, 0) is 49.8 Å². The zero-order valence-corrected chi connectivity index (χ0v) is 15.7. The van der Waals surface area contributed by atoms with E-state index in [0.717, 1.165) is 24.3 Å². The van der Waals surface area contributed by atoms with E-state index in [1.165, 1.54) is 31.3 Å². The van der Waals surface area contributed by atoms with E-state index in [9.17, 15) is 4.79 Å². The van der Waals surface area contributed by atoms with Crippen molar-refractivity contribution in [3.63, 3.8) is 0 Å². The third-order valence-electron chi connectivity index (χ3n) is 4.92. The second kappa shape index (κ2) is 8.73. The summed E-state index contributed by atoms with van der Waals surface area (Å²) in [6, 6.07) is 5.61. The van der Waals surface area contributed by atoms with Crippen LogP contribution in [0.4, 0.5) is 5.95 Å². The molecule has 2 aromatic rings. The van der Waals surface area contributed by atoms with E-state index in [1.807, 2.05) is 18.2 Å². The van der Waals surface area contributed by atoms with Crippen molar-refractivity contribution in [1.29, 1.82) is 0 Å². The number of amides is 1. The van der Waals surface area contributed by atoms with E-state index in [4.69, 9.17) is 9.47 Å². The number of anilines is 1. The summed E-state index contributed by atoms with van der Waals surface area (Å²) in [7, 11) is 0. The van der Waals surface area contributed by atoms with Gasteiger partial charge >= 0.3 is 0 Å². The molecule has 2 heterocycles. The van der Waals surface area contributed by atoms with E-state index in [1.54, 1.807) is 12.4 Å². The minimum Gasteiger partial charge on any atom is -0.454 e. The smallest absolute Gasteiger partial charge is 0.254 e. The maximum atomic E-state index is 12.3. The first-order valence-corrected chi connectivity index (χ1v) is 9.68. The highest BCUT2D eigenvalue weighted by Crippen LogP contribution is 2.32. The van der Waals surface area contributed by atoms with Crippen molar-refractivity contribution < 1.29 is 14.3 Å². The summed E-state index contributed by atoms with van der Waals surface area (Å²) in [5, 5.41) is 6.09. The van der Waals surface area contributed by atoms with Gasteiger partial charge in [0.2, 0.25) is 12.7 Å². The van der Waals surface area contributed by atoms with Gasteiger partial charge in [-0.2, -0.15) is 0 Å². The topological polar surface area (TPSA) is 85.4 Å². The van der Waals surface area contributed by atoms with E-state index >= 15 is 0 Å². The molecule has 7 heteroatoms.